The Labute approximate surface area is 163 Å². The topological polar surface area (TPSA) is 97.6 Å². The van der Waals surface area contributed by atoms with Gasteiger partial charge in [-0.15, -0.1) is 0 Å². The molecule has 0 aliphatic rings. The fourth-order valence-electron chi connectivity index (χ4n) is 2.64. The van der Waals surface area contributed by atoms with Crippen LogP contribution in [0.2, 0.25) is 0 Å². The number of rotatable bonds is 7. The lowest BCUT2D eigenvalue weighted by atomic mass is 10.1. The molecule has 0 fully saturated rings. The van der Waals surface area contributed by atoms with Crippen LogP contribution < -0.4 is 14.8 Å². The second-order valence-electron chi connectivity index (χ2n) is 6.10. The van der Waals surface area contributed by atoms with Crippen molar-refractivity contribution >= 4 is 21.6 Å². The van der Waals surface area contributed by atoms with Gasteiger partial charge in [-0.3, -0.25) is 9.52 Å². The Bertz CT molecular complexity index is 1080. The Kier molecular flexibility index (Phi) is 5.70. The molecule has 28 heavy (non-hydrogen) atoms. The number of carbonyl (C=O) groups is 1. The molecule has 3 rings (SSSR count). The number of benzene rings is 2. The molecule has 1 aromatic heterocycles. The van der Waals surface area contributed by atoms with Crippen LogP contribution in [0.25, 0.3) is 0 Å². The van der Waals surface area contributed by atoms with Gasteiger partial charge in [0, 0.05) is 17.7 Å². The van der Waals surface area contributed by atoms with Crippen molar-refractivity contribution in [1.82, 2.24) is 5.32 Å². The Morgan fingerprint density at radius 3 is 2.64 bits per heavy atom. The van der Waals surface area contributed by atoms with Crippen molar-refractivity contribution in [3.63, 3.8) is 0 Å². The third-order valence-electron chi connectivity index (χ3n) is 4.12. The highest BCUT2D eigenvalue weighted by atomic mass is 32.2. The number of amides is 1. The number of sulfonamides is 1. The first-order chi connectivity index (χ1) is 13.4. The van der Waals surface area contributed by atoms with E-state index >= 15 is 0 Å². The first kappa shape index (κ1) is 19.5. The number of methoxy groups -OCH3 is 1. The molecule has 0 radical (unpaired) electrons. The minimum atomic E-state index is -3.92. The fourth-order valence-corrected chi connectivity index (χ4v) is 3.98. The standard InChI is InChI=1S/C20H20N2O5S/c1-14-7-8-16(20(23)21-12-15-9-10-27-13-15)11-19(14)28(24,25)22-17-5-3-4-6-18(17)26-2/h3-11,13,22H,12H2,1-2H3,(H,21,23). The monoisotopic (exact) mass is 400 g/mol. The van der Waals surface area contributed by atoms with E-state index in [4.69, 9.17) is 9.15 Å². The van der Waals surface area contributed by atoms with Gasteiger partial charge in [0.2, 0.25) is 0 Å². The van der Waals surface area contributed by atoms with E-state index in [0.717, 1.165) is 5.56 Å². The number of carbonyl (C=O) groups excluding carboxylic acids is 1. The number of para-hydroxylation sites is 2. The Hall–Kier alpha value is -3.26. The third kappa shape index (κ3) is 4.34. The molecule has 1 amide bonds. The van der Waals surface area contributed by atoms with E-state index in [2.05, 4.69) is 10.0 Å². The summed E-state index contributed by atoms with van der Waals surface area (Å²) in [5, 5.41) is 2.73. The van der Waals surface area contributed by atoms with Gasteiger partial charge in [-0.05, 0) is 42.8 Å². The van der Waals surface area contributed by atoms with Crippen LogP contribution in [-0.2, 0) is 16.6 Å². The van der Waals surface area contributed by atoms with E-state index < -0.39 is 10.0 Å². The van der Waals surface area contributed by atoms with Crippen molar-refractivity contribution in [3.8, 4) is 5.75 Å². The molecular formula is C20H20N2O5S. The number of furan rings is 1. The molecule has 0 bridgehead atoms. The van der Waals surface area contributed by atoms with Gasteiger partial charge in [0.05, 0.1) is 30.2 Å². The summed E-state index contributed by atoms with van der Waals surface area (Å²) in [6.45, 7) is 1.95. The summed E-state index contributed by atoms with van der Waals surface area (Å²) in [6.07, 6.45) is 3.05. The van der Waals surface area contributed by atoms with E-state index in [1.807, 2.05) is 0 Å². The molecule has 3 aromatic rings. The first-order valence-electron chi connectivity index (χ1n) is 8.46. The van der Waals surface area contributed by atoms with Crippen LogP contribution in [0.15, 0.2) is 70.4 Å². The van der Waals surface area contributed by atoms with E-state index in [1.54, 1.807) is 49.4 Å². The Morgan fingerprint density at radius 1 is 1.14 bits per heavy atom. The predicted octanol–water partition coefficient (Wildman–Crippen LogP) is 3.33. The van der Waals surface area contributed by atoms with Crippen molar-refractivity contribution in [2.24, 2.45) is 0 Å². The van der Waals surface area contributed by atoms with Crippen LogP contribution in [0.5, 0.6) is 5.75 Å². The van der Waals surface area contributed by atoms with Crippen LogP contribution in [0.4, 0.5) is 5.69 Å². The van der Waals surface area contributed by atoms with Gasteiger partial charge in [0.25, 0.3) is 15.9 Å². The SMILES string of the molecule is COc1ccccc1NS(=O)(=O)c1cc(C(=O)NCc2ccoc2)ccc1C. The highest BCUT2D eigenvalue weighted by molar-refractivity contribution is 7.92. The minimum absolute atomic E-state index is 0.0226. The van der Waals surface area contributed by atoms with Gasteiger partial charge in [-0.1, -0.05) is 18.2 Å². The number of hydrogen-bond acceptors (Lipinski definition) is 5. The highest BCUT2D eigenvalue weighted by Gasteiger charge is 2.20. The third-order valence-corrected chi connectivity index (χ3v) is 5.63. The molecule has 2 N–H and O–H groups in total. The number of nitrogens with one attached hydrogen (secondary N) is 2. The molecule has 0 unspecified atom stereocenters. The van der Waals surface area contributed by atoms with E-state index in [9.17, 15) is 13.2 Å². The number of anilines is 1. The summed E-state index contributed by atoms with van der Waals surface area (Å²) in [5.41, 5.74) is 1.90. The van der Waals surface area contributed by atoms with Gasteiger partial charge in [-0.25, -0.2) is 8.42 Å². The fraction of sp³-hybridized carbons (Fsp3) is 0.150. The summed E-state index contributed by atoms with van der Waals surface area (Å²) in [6, 6.07) is 13.0. The van der Waals surface area contributed by atoms with Gasteiger partial charge in [0.1, 0.15) is 5.75 Å². The minimum Gasteiger partial charge on any atom is -0.495 e. The van der Waals surface area contributed by atoms with Crippen molar-refractivity contribution in [1.29, 1.82) is 0 Å². The zero-order valence-electron chi connectivity index (χ0n) is 15.4. The van der Waals surface area contributed by atoms with Crippen LogP contribution in [0.3, 0.4) is 0 Å². The van der Waals surface area contributed by atoms with Gasteiger partial charge < -0.3 is 14.5 Å². The average Bonchev–Trinajstić information content (AvgIpc) is 3.20. The summed E-state index contributed by atoms with van der Waals surface area (Å²) in [4.78, 5) is 12.4. The lowest BCUT2D eigenvalue weighted by Crippen LogP contribution is -2.23. The predicted molar refractivity (Wildman–Crippen MR) is 105 cm³/mol. The number of ether oxygens (including phenoxy) is 1. The zero-order valence-corrected chi connectivity index (χ0v) is 16.2. The average molecular weight is 400 g/mol. The van der Waals surface area contributed by atoms with Crippen molar-refractivity contribution in [2.75, 3.05) is 11.8 Å². The normalized spacial score (nSPS) is 11.1. The molecule has 0 saturated heterocycles. The summed E-state index contributed by atoms with van der Waals surface area (Å²) in [7, 11) is -2.45. The molecule has 0 atom stereocenters. The summed E-state index contributed by atoms with van der Waals surface area (Å²) in [5.74, 6) is 0.0210. The van der Waals surface area contributed by atoms with E-state index in [1.165, 1.54) is 25.7 Å². The van der Waals surface area contributed by atoms with Crippen LogP contribution in [0.1, 0.15) is 21.5 Å². The van der Waals surface area contributed by atoms with Crippen LogP contribution in [0, 0.1) is 6.92 Å². The second kappa shape index (κ2) is 8.18. The maximum absolute atomic E-state index is 12.9. The lowest BCUT2D eigenvalue weighted by Gasteiger charge is -2.14. The van der Waals surface area contributed by atoms with Gasteiger partial charge >= 0.3 is 0 Å². The maximum Gasteiger partial charge on any atom is 0.262 e. The quantitative estimate of drug-likeness (QED) is 0.634. The molecule has 1 heterocycles. The zero-order chi connectivity index (χ0) is 20.1. The smallest absolute Gasteiger partial charge is 0.262 e. The largest absolute Gasteiger partial charge is 0.495 e. The molecule has 7 nitrogen and oxygen atoms in total. The number of aryl methyl sites for hydroxylation is 1. The molecule has 0 aliphatic heterocycles. The van der Waals surface area contributed by atoms with Gasteiger partial charge in [0.15, 0.2) is 0 Å². The second-order valence-corrected chi connectivity index (χ2v) is 7.75. The summed E-state index contributed by atoms with van der Waals surface area (Å²) < 4.78 is 38.5. The molecule has 2 aromatic carbocycles. The van der Waals surface area contributed by atoms with Gasteiger partial charge in [-0.2, -0.15) is 0 Å². The molecule has 0 spiro atoms. The lowest BCUT2D eigenvalue weighted by molar-refractivity contribution is 0.0950. The molecular weight excluding hydrogens is 380 g/mol. The van der Waals surface area contributed by atoms with Crippen LogP contribution >= 0.6 is 0 Å². The van der Waals surface area contributed by atoms with E-state index in [0.29, 0.717) is 17.0 Å². The summed E-state index contributed by atoms with van der Waals surface area (Å²) >= 11 is 0. The Morgan fingerprint density at radius 2 is 1.93 bits per heavy atom. The molecule has 146 valence electrons. The van der Waals surface area contributed by atoms with E-state index in [-0.39, 0.29) is 22.9 Å². The van der Waals surface area contributed by atoms with Crippen LogP contribution in [-0.4, -0.2) is 21.4 Å². The molecule has 8 heteroatoms. The first-order valence-corrected chi connectivity index (χ1v) is 9.95. The Balaban J connectivity index is 1.84. The highest BCUT2D eigenvalue weighted by Crippen LogP contribution is 2.27. The van der Waals surface area contributed by atoms with Crippen molar-refractivity contribution in [3.05, 3.63) is 77.7 Å². The van der Waals surface area contributed by atoms with Crippen molar-refractivity contribution < 1.29 is 22.4 Å². The number of hydrogen-bond donors (Lipinski definition) is 2. The molecule has 0 aliphatic carbocycles. The maximum atomic E-state index is 12.9. The van der Waals surface area contributed by atoms with Crippen molar-refractivity contribution in [2.45, 2.75) is 18.4 Å². The molecule has 0 saturated carbocycles.